The molecule has 0 N–H and O–H groups in total. The number of carboxylic acid groups (broad SMARTS) is 1. The molecule has 0 amide bonds. The van der Waals surface area contributed by atoms with Gasteiger partial charge in [-0.05, 0) is 12.8 Å². The Balaban J connectivity index is 4.38. The molecule has 0 saturated carbocycles. The highest BCUT2D eigenvalue weighted by molar-refractivity contribution is 5.70. The Hall–Kier alpha value is -1.67. The first-order chi connectivity index (χ1) is 22.6. The van der Waals surface area contributed by atoms with E-state index in [2.05, 4.69) is 13.8 Å². The predicted molar refractivity (Wildman–Crippen MR) is 190 cm³/mol. The van der Waals surface area contributed by atoms with E-state index in [-0.39, 0.29) is 42.7 Å². The molecule has 8 nitrogen and oxygen atoms in total. The van der Waals surface area contributed by atoms with Crippen molar-refractivity contribution in [3.05, 3.63) is 0 Å². The van der Waals surface area contributed by atoms with E-state index in [4.69, 9.17) is 14.2 Å². The fraction of sp³-hybridized carbons (Fsp3) is 0.923. The third kappa shape index (κ3) is 30.1. The third-order valence-corrected chi connectivity index (χ3v) is 8.99. The molecule has 0 rings (SSSR count). The number of carbonyl (C=O) groups excluding carboxylic acids is 3. The molecule has 0 fully saturated rings. The topological polar surface area (TPSA) is 102 Å². The summed E-state index contributed by atoms with van der Waals surface area (Å²) in [5.41, 5.74) is 0. The van der Waals surface area contributed by atoms with Crippen LogP contribution >= 0.6 is 0 Å². The van der Waals surface area contributed by atoms with Gasteiger partial charge in [-0.3, -0.25) is 9.59 Å². The fourth-order valence-electron chi connectivity index (χ4n) is 5.89. The summed E-state index contributed by atoms with van der Waals surface area (Å²) in [6.45, 7) is 4.66. The van der Waals surface area contributed by atoms with Gasteiger partial charge in [-0.1, -0.05) is 149 Å². The fourth-order valence-corrected chi connectivity index (χ4v) is 5.89. The number of carbonyl (C=O) groups is 3. The Labute approximate surface area is 289 Å². The number of esters is 2. The standard InChI is InChI=1S/C39H75NO7/c1-6-8-10-12-14-16-18-20-21-23-25-27-29-37(41)46-34-35(33-45-32-31-36(39(43)44)40(3,4)5)47-38(42)30-28-26-24-22-19-17-15-13-11-9-7-2/h35-36H,6-34H2,1-5H3. The van der Waals surface area contributed by atoms with Crippen LogP contribution in [-0.4, -0.2) is 75.5 Å². The van der Waals surface area contributed by atoms with Gasteiger partial charge in [0, 0.05) is 19.3 Å². The molecule has 47 heavy (non-hydrogen) atoms. The monoisotopic (exact) mass is 670 g/mol. The number of hydrogen-bond donors (Lipinski definition) is 0. The maximum Gasteiger partial charge on any atom is 0.306 e. The summed E-state index contributed by atoms with van der Waals surface area (Å²) in [5, 5.41) is 11.6. The van der Waals surface area contributed by atoms with Crippen LogP contribution < -0.4 is 5.11 Å². The molecule has 8 heteroatoms. The number of hydrogen-bond acceptors (Lipinski definition) is 7. The number of likely N-dealkylation sites (N-methyl/N-ethyl adjacent to an activating group) is 1. The first-order valence-electron chi connectivity index (χ1n) is 19.6. The SMILES string of the molecule is CCCCCCCCCCCCCCC(=O)OCC(COCCC(C(=O)[O-])[N+](C)(C)C)OC(=O)CCCCCCCCCCCCC. The van der Waals surface area contributed by atoms with E-state index < -0.39 is 18.1 Å². The van der Waals surface area contributed by atoms with Gasteiger partial charge in [0.25, 0.3) is 0 Å². The quantitative estimate of drug-likeness (QED) is 0.0379. The van der Waals surface area contributed by atoms with E-state index in [1.54, 1.807) is 21.1 Å². The summed E-state index contributed by atoms with van der Waals surface area (Å²) < 4.78 is 17.1. The Morgan fingerprint density at radius 3 is 1.32 bits per heavy atom. The maximum absolute atomic E-state index is 12.6. The molecule has 0 radical (unpaired) electrons. The van der Waals surface area contributed by atoms with Crippen LogP contribution in [0.25, 0.3) is 0 Å². The van der Waals surface area contributed by atoms with Gasteiger partial charge in [0.15, 0.2) is 6.10 Å². The van der Waals surface area contributed by atoms with Crippen molar-refractivity contribution < 1.29 is 38.2 Å². The molecule has 278 valence electrons. The van der Waals surface area contributed by atoms with Crippen LogP contribution in [0.15, 0.2) is 0 Å². The predicted octanol–water partition coefficient (Wildman–Crippen LogP) is 8.47. The van der Waals surface area contributed by atoms with Gasteiger partial charge in [-0.15, -0.1) is 0 Å². The van der Waals surface area contributed by atoms with Crippen LogP contribution in [0.5, 0.6) is 0 Å². The lowest BCUT2D eigenvalue weighted by atomic mass is 10.0. The third-order valence-electron chi connectivity index (χ3n) is 8.99. The molecule has 0 aromatic rings. The van der Waals surface area contributed by atoms with E-state index in [0.717, 1.165) is 38.5 Å². The summed E-state index contributed by atoms with van der Waals surface area (Å²) in [5.74, 6) is -1.72. The largest absolute Gasteiger partial charge is 0.544 e. The molecule has 0 aromatic heterocycles. The Morgan fingerprint density at radius 2 is 0.936 bits per heavy atom. The normalized spacial score (nSPS) is 13.0. The minimum Gasteiger partial charge on any atom is -0.544 e. The van der Waals surface area contributed by atoms with Crippen LogP contribution in [0.1, 0.15) is 181 Å². The Bertz CT molecular complexity index is 752. The molecule has 0 heterocycles. The summed E-state index contributed by atoms with van der Waals surface area (Å²) in [6.07, 6.45) is 28.3. The zero-order valence-electron chi connectivity index (χ0n) is 31.5. The van der Waals surface area contributed by atoms with Crippen LogP contribution in [0.2, 0.25) is 0 Å². The smallest absolute Gasteiger partial charge is 0.306 e. The van der Waals surface area contributed by atoms with Gasteiger partial charge in [-0.2, -0.15) is 0 Å². The van der Waals surface area contributed by atoms with Crippen LogP contribution in [0.4, 0.5) is 0 Å². The summed E-state index contributed by atoms with van der Waals surface area (Å²) >= 11 is 0. The van der Waals surface area contributed by atoms with Crippen molar-refractivity contribution in [3.63, 3.8) is 0 Å². The lowest BCUT2D eigenvalue weighted by Crippen LogP contribution is -2.55. The molecule has 0 saturated heterocycles. The molecule has 2 unspecified atom stereocenters. The average Bonchev–Trinajstić information content (AvgIpc) is 3.01. The molecule has 0 spiro atoms. The number of aliphatic carboxylic acids is 1. The highest BCUT2D eigenvalue weighted by atomic mass is 16.6. The van der Waals surface area contributed by atoms with Crippen molar-refractivity contribution in [3.8, 4) is 0 Å². The van der Waals surface area contributed by atoms with Gasteiger partial charge in [0.05, 0.1) is 40.3 Å². The van der Waals surface area contributed by atoms with Crippen molar-refractivity contribution in [1.29, 1.82) is 0 Å². The van der Waals surface area contributed by atoms with Crippen molar-refractivity contribution in [2.24, 2.45) is 0 Å². The summed E-state index contributed by atoms with van der Waals surface area (Å²) in [6, 6.07) is -0.717. The zero-order chi connectivity index (χ0) is 35.0. The number of unbranched alkanes of at least 4 members (excludes halogenated alkanes) is 21. The highest BCUT2D eigenvalue weighted by Crippen LogP contribution is 2.15. The number of nitrogens with zero attached hydrogens (tertiary/aromatic N) is 1. The van der Waals surface area contributed by atoms with Crippen LogP contribution in [0.3, 0.4) is 0 Å². The molecule has 0 aliphatic heterocycles. The lowest BCUT2D eigenvalue weighted by Gasteiger charge is -2.34. The summed E-state index contributed by atoms with van der Waals surface area (Å²) in [4.78, 5) is 36.6. The number of quaternary nitrogens is 1. The van der Waals surface area contributed by atoms with Gasteiger partial charge in [-0.25, -0.2) is 0 Å². The van der Waals surface area contributed by atoms with Gasteiger partial charge in [0.2, 0.25) is 0 Å². The van der Waals surface area contributed by atoms with Crippen molar-refractivity contribution >= 4 is 17.9 Å². The second-order valence-corrected chi connectivity index (χ2v) is 14.5. The highest BCUT2D eigenvalue weighted by Gasteiger charge is 2.25. The molecule has 2 atom stereocenters. The molecular weight excluding hydrogens is 594 g/mol. The maximum atomic E-state index is 12.6. The van der Waals surface area contributed by atoms with Gasteiger partial charge in [0.1, 0.15) is 12.6 Å². The van der Waals surface area contributed by atoms with Crippen molar-refractivity contribution in [1.82, 2.24) is 0 Å². The minimum absolute atomic E-state index is 0.0484. The molecular formula is C39H75NO7. The van der Waals surface area contributed by atoms with E-state index in [9.17, 15) is 19.5 Å². The molecule has 0 aromatic carbocycles. The first kappa shape index (κ1) is 45.3. The van der Waals surface area contributed by atoms with Crippen molar-refractivity contribution in [2.75, 3.05) is 41.0 Å². The van der Waals surface area contributed by atoms with Gasteiger partial charge < -0.3 is 28.6 Å². The van der Waals surface area contributed by atoms with E-state index in [1.807, 2.05) is 0 Å². The van der Waals surface area contributed by atoms with Crippen LogP contribution in [0, 0.1) is 0 Å². The number of carboxylic acids is 1. The van der Waals surface area contributed by atoms with E-state index >= 15 is 0 Å². The van der Waals surface area contributed by atoms with E-state index in [1.165, 1.54) is 109 Å². The van der Waals surface area contributed by atoms with Crippen LogP contribution in [-0.2, 0) is 28.6 Å². The Morgan fingerprint density at radius 1 is 0.553 bits per heavy atom. The lowest BCUT2D eigenvalue weighted by molar-refractivity contribution is -0.889. The molecule has 0 aliphatic carbocycles. The molecule has 0 bridgehead atoms. The number of rotatable bonds is 35. The summed E-state index contributed by atoms with van der Waals surface area (Å²) in [7, 11) is 5.40. The zero-order valence-corrected chi connectivity index (χ0v) is 31.5. The average molecular weight is 670 g/mol. The van der Waals surface area contributed by atoms with Crippen molar-refractivity contribution in [2.45, 2.75) is 193 Å². The first-order valence-corrected chi connectivity index (χ1v) is 19.6. The number of ether oxygens (including phenoxy) is 3. The molecule has 0 aliphatic rings. The minimum atomic E-state index is -1.12. The second-order valence-electron chi connectivity index (χ2n) is 14.5. The van der Waals surface area contributed by atoms with Gasteiger partial charge >= 0.3 is 11.9 Å². The Kier molecular flexibility index (Phi) is 30.5. The van der Waals surface area contributed by atoms with E-state index in [0.29, 0.717) is 12.8 Å². The second kappa shape index (κ2) is 31.6.